The van der Waals surface area contributed by atoms with Crippen molar-refractivity contribution in [1.82, 2.24) is 15.3 Å². The van der Waals surface area contributed by atoms with Gasteiger partial charge < -0.3 is 26.3 Å². The first-order chi connectivity index (χ1) is 16.1. The molecule has 2 amide bonds. The van der Waals surface area contributed by atoms with E-state index in [1.54, 1.807) is 0 Å². The van der Waals surface area contributed by atoms with E-state index in [0.717, 1.165) is 12.3 Å². The number of rotatable bonds is 6. The minimum Gasteiger partial charge on any atom is -0.354 e. The number of allylic oxidation sites excluding steroid dienone is 1. The smallest absolute Gasteiger partial charge is 0.354 e. The monoisotopic (exact) mass is 492 g/mol. The van der Waals surface area contributed by atoms with Crippen molar-refractivity contribution >= 4 is 51.8 Å². The number of nitrogens with one attached hydrogen (secondary N) is 5. The fraction of sp³-hybridized carbons (Fsp3) is 0.0952. The summed E-state index contributed by atoms with van der Waals surface area (Å²) >= 11 is 5.96. The van der Waals surface area contributed by atoms with Gasteiger partial charge in [0.15, 0.2) is 0 Å². The Morgan fingerprint density at radius 1 is 1.18 bits per heavy atom. The molecule has 9 nitrogen and oxygen atoms in total. The second kappa shape index (κ2) is 9.75. The fourth-order valence-electron chi connectivity index (χ4n) is 3.00. The van der Waals surface area contributed by atoms with Crippen molar-refractivity contribution < 1.29 is 22.8 Å². The Kier molecular flexibility index (Phi) is 7.01. The van der Waals surface area contributed by atoms with Crippen LogP contribution >= 0.6 is 11.6 Å². The molecule has 0 spiro atoms. The number of hydrogen-bond acceptors (Lipinski definition) is 6. The van der Waals surface area contributed by atoms with E-state index in [-0.39, 0.29) is 39.1 Å². The molecule has 3 aromatic rings. The molecule has 5 N–H and O–H groups in total. The van der Waals surface area contributed by atoms with Crippen LogP contribution in [-0.4, -0.2) is 41.2 Å². The Balaban J connectivity index is 2.02. The maximum atomic E-state index is 13.9. The highest BCUT2D eigenvalue weighted by molar-refractivity contribution is 6.34. The predicted molar refractivity (Wildman–Crippen MR) is 121 cm³/mol. The van der Waals surface area contributed by atoms with Crippen LogP contribution in [0.5, 0.6) is 0 Å². The number of carbonyl (C=O) groups is 2. The summed E-state index contributed by atoms with van der Waals surface area (Å²) in [6, 6.07) is 6.64. The average Bonchev–Trinajstić information content (AvgIpc) is 2.78. The number of benzene rings is 1. The predicted octanol–water partition coefficient (Wildman–Crippen LogP) is 3.45. The molecule has 176 valence electrons. The molecule has 0 aliphatic carbocycles. The SMILES string of the molecule is CNC(=O)c1ncc(NC(=O)/C(C=N)=C(/Nc2cccc3c(=O)[nH]ccc23)C(F)(F)F)cc1Cl. The molecule has 3 rings (SSSR count). The molecule has 2 aromatic heterocycles. The molecule has 0 aliphatic heterocycles. The molecule has 0 unspecified atom stereocenters. The van der Waals surface area contributed by atoms with Gasteiger partial charge in [-0.05, 0) is 24.3 Å². The van der Waals surface area contributed by atoms with E-state index < -0.39 is 34.8 Å². The number of H-pyrrole nitrogens is 1. The molecule has 0 atom stereocenters. The van der Waals surface area contributed by atoms with Crippen LogP contribution in [-0.2, 0) is 4.79 Å². The lowest BCUT2D eigenvalue weighted by atomic mass is 10.1. The Morgan fingerprint density at radius 3 is 2.53 bits per heavy atom. The van der Waals surface area contributed by atoms with Gasteiger partial charge in [-0.3, -0.25) is 14.4 Å². The summed E-state index contributed by atoms with van der Waals surface area (Å²) in [4.78, 5) is 42.5. The number of alkyl halides is 3. The number of carbonyl (C=O) groups excluding carboxylic acids is 2. The van der Waals surface area contributed by atoms with Crippen LogP contribution in [0.3, 0.4) is 0 Å². The standard InChI is InChI=1S/C21H16ClF3N6O3/c1-27-20(34)16-14(22)7-10(9-29-16)30-19(33)13(8-26)17(21(23,24)25)31-15-4-2-3-12-11(15)5-6-28-18(12)32/h2-9,26,31H,1H3,(H,27,34)(H,28,32)(H,30,33)/b17-13+,26-8?. The van der Waals surface area contributed by atoms with Gasteiger partial charge >= 0.3 is 6.18 Å². The molecule has 0 aliphatic rings. The fourth-order valence-corrected chi connectivity index (χ4v) is 3.25. The van der Waals surface area contributed by atoms with Crippen molar-refractivity contribution in [3.8, 4) is 0 Å². The number of hydrogen-bond donors (Lipinski definition) is 5. The van der Waals surface area contributed by atoms with Crippen LogP contribution in [0, 0.1) is 5.41 Å². The normalized spacial score (nSPS) is 12.0. The van der Waals surface area contributed by atoms with Crippen molar-refractivity contribution in [3.05, 3.63) is 75.1 Å². The molecule has 1 aromatic carbocycles. The third kappa shape index (κ3) is 5.07. The molecule has 0 saturated heterocycles. The zero-order valence-corrected chi connectivity index (χ0v) is 18.1. The molecule has 2 heterocycles. The van der Waals surface area contributed by atoms with Crippen LogP contribution in [0.4, 0.5) is 24.5 Å². The number of halogens is 4. The highest BCUT2D eigenvalue weighted by atomic mass is 35.5. The van der Waals surface area contributed by atoms with Crippen molar-refractivity contribution in [2.24, 2.45) is 0 Å². The summed E-state index contributed by atoms with van der Waals surface area (Å²) in [6.07, 6.45) is -2.51. The zero-order valence-electron chi connectivity index (χ0n) is 17.3. The first-order valence-corrected chi connectivity index (χ1v) is 9.83. The van der Waals surface area contributed by atoms with E-state index in [1.165, 1.54) is 37.5 Å². The van der Waals surface area contributed by atoms with Crippen molar-refractivity contribution in [2.45, 2.75) is 6.18 Å². The van der Waals surface area contributed by atoms with Gasteiger partial charge in [0.05, 0.1) is 22.5 Å². The third-order valence-corrected chi connectivity index (χ3v) is 4.85. The highest BCUT2D eigenvalue weighted by Gasteiger charge is 2.38. The summed E-state index contributed by atoms with van der Waals surface area (Å²) in [5.74, 6) is -1.88. The number of aromatic amines is 1. The van der Waals surface area contributed by atoms with Crippen molar-refractivity contribution in [3.63, 3.8) is 0 Å². The van der Waals surface area contributed by atoms with Gasteiger partial charge in [0.25, 0.3) is 17.4 Å². The summed E-state index contributed by atoms with van der Waals surface area (Å²) < 4.78 is 41.7. The largest absolute Gasteiger partial charge is 0.432 e. The second-order valence-corrected chi connectivity index (χ2v) is 7.12. The summed E-state index contributed by atoms with van der Waals surface area (Å²) in [5.41, 5.74) is -3.40. The summed E-state index contributed by atoms with van der Waals surface area (Å²) in [7, 11) is 1.36. The number of fused-ring (bicyclic) bond motifs is 1. The zero-order chi connectivity index (χ0) is 25.0. The van der Waals surface area contributed by atoms with Gasteiger partial charge in [-0.2, -0.15) is 13.2 Å². The minimum atomic E-state index is -5.06. The first kappa shape index (κ1) is 24.5. The minimum absolute atomic E-state index is 0.0947. The maximum absolute atomic E-state index is 13.9. The highest BCUT2D eigenvalue weighted by Crippen LogP contribution is 2.32. The lowest BCUT2D eigenvalue weighted by molar-refractivity contribution is -0.114. The van der Waals surface area contributed by atoms with E-state index in [4.69, 9.17) is 17.0 Å². The van der Waals surface area contributed by atoms with Crippen LogP contribution in [0.25, 0.3) is 10.8 Å². The quantitative estimate of drug-likeness (QED) is 0.265. The molecular weight excluding hydrogens is 477 g/mol. The van der Waals surface area contributed by atoms with Crippen molar-refractivity contribution in [2.75, 3.05) is 17.7 Å². The first-order valence-electron chi connectivity index (χ1n) is 9.45. The van der Waals surface area contributed by atoms with E-state index in [2.05, 4.69) is 25.9 Å². The summed E-state index contributed by atoms with van der Waals surface area (Å²) in [5, 5.41) is 14.3. The van der Waals surface area contributed by atoms with Gasteiger partial charge in [-0.1, -0.05) is 17.7 Å². The molecule has 13 heteroatoms. The van der Waals surface area contributed by atoms with E-state index >= 15 is 0 Å². The molecule has 0 fully saturated rings. The van der Waals surface area contributed by atoms with Crippen LogP contribution in [0.2, 0.25) is 5.02 Å². The van der Waals surface area contributed by atoms with Gasteiger partial charge in [-0.15, -0.1) is 0 Å². The Morgan fingerprint density at radius 2 is 1.91 bits per heavy atom. The molecular formula is C21H16ClF3N6O3. The molecule has 0 radical (unpaired) electrons. The number of nitrogens with zero attached hydrogens (tertiary/aromatic N) is 1. The topological polar surface area (TPSA) is 140 Å². The van der Waals surface area contributed by atoms with Crippen LogP contribution < -0.4 is 21.5 Å². The van der Waals surface area contributed by atoms with Crippen molar-refractivity contribution in [1.29, 1.82) is 5.41 Å². The summed E-state index contributed by atoms with van der Waals surface area (Å²) in [6.45, 7) is 0. The van der Waals surface area contributed by atoms with Gasteiger partial charge in [0.2, 0.25) is 0 Å². The third-order valence-electron chi connectivity index (χ3n) is 4.56. The molecule has 0 saturated carbocycles. The maximum Gasteiger partial charge on any atom is 0.432 e. The Bertz CT molecular complexity index is 1380. The average molecular weight is 493 g/mol. The molecule has 0 bridgehead atoms. The number of anilines is 2. The Labute approximate surface area is 194 Å². The lowest BCUT2D eigenvalue weighted by Gasteiger charge is -2.18. The van der Waals surface area contributed by atoms with Crippen LogP contribution in [0.1, 0.15) is 10.5 Å². The van der Waals surface area contributed by atoms with E-state index in [1.807, 2.05) is 0 Å². The van der Waals surface area contributed by atoms with Gasteiger partial charge in [0, 0.05) is 35.9 Å². The molecule has 34 heavy (non-hydrogen) atoms. The number of aromatic nitrogens is 2. The van der Waals surface area contributed by atoms with Gasteiger partial charge in [-0.25, -0.2) is 4.98 Å². The Hall–Kier alpha value is -4.19. The van der Waals surface area contributed by atoms with E-state index in [9.17, 15) is 27.6 Å². The number of amides is 2. The van der Waals surface area contributed by atoms with E-state index in [0.29, 0.717) is 0 Å². The van der Waals surface area contributed by atoms with Crippen LogP contribution in [0.15, 0.2) is 58.8 Å². The van der Waals surface area contributed by atoms with Gasteiger partial charge in [0.1, 0.15) is 11.4 Å². The second-order valence-electron chi connectivity index (χ2n) is 6.72. The lowest BCUT2D eigenvalue weighted by Crippen LogP contribution is -2.28. The number of pyridine rings is 2.